The second-order valence-electron chi connectivity index (χ2n) is 5.52. The third-order valence-electron chi connectivity index (χ3n) is 3.72. The van der Waals surface area contributed by atoms with Gasteiger partial charge >= 0.3 is 0 Å². The van der Waals surface area contributed by atoms with Crippen LogP contribution in [0, 0.1) is 6.92 Å². The van der Waals surface area contributed by atoms with E-state index in [0.29, 0.717) is 31.1 Å². The predicted octanol–water partition coefficient (Wildman–Crippen LogP) is 2.61. The van der Waals surface area contributed by atoms with Crippen LogP contribution in [0.4, 0.5) is 0 Å². The Morgan fingerprint density at radius 3 is 2.74 bits per heavy atom. The molecule has 0 saturated carbocycles. The maximum Gasteiger partial charge on any atom is 0.244 e. The Hall–Kier alpha value is -2.63. The topological polar surface area (TPSA) is 61.9 Å². The van der Waals surface area contributed by atoms with Gasteiger partial charge in [0.15, 0.2) is 0 Å². The molecule has 122 valence electrons. The lowest BCUT2D eigenvalue weighted by atomic mass is 10.1. The number of oxazole rings is 1. The third-order valence-corrected chi connectivity index (χ3v) is 3.72. The molecule has 0 aliphatic carbocycles. The van der Waals surface area contributed by atoms with E-state index in [2.05, 4.69) is 30.0 Å². The van der Waals surface area contributed by atoms with Crippen molar-refractivity contribution in [2.45, 2.75) is 20.3 Å². The summed E-state index contributed by atoms with van der Waals surface area (Å²) >= 11 is 0. The van der Waals surface area contributed by atoms with Crippen LogP contribution in [0.25, 0.3) is 5.57 Å². The lowest BCUT2D eigenvalue weighted by Gasteiger charge is -2.28. The van der Waals surface area contributed by atoms with Crippen molar-refractivity contribution in [2.75, 3.05) is 19.6 Å². The first-order chi connectivity index (χ1) is 10.9. The number of hydrogen-bond acceptors (Lipinski definition) is 5. The first-order valence-corrected chi connectivity index (χ1v) is 7.41. The van der Waals surface area contributed by atoms with Crippen molar-refractivity contribution in [1.29, 1.82) is 0 Å². The quantitative estimate of drug-likeness (QED) is 0.460. The molecule has 0 aromatic carbocycles. The van der Waals surface area contributed by atoms with Gasteiger partial charge in [-0.15, -0.1) is 0 Å². The zero-order valence-corrected chi connectivity index (χ0v) is 13.7. The second-order valence-corrected chi connectivity index (χ2v) is 5.52. The molecule has 1 aromatic heterocycles. The maximum atomic E-state index is 12.4. The van der Waals surface area contributed by atoms with Gasteiger partial charge in [0, 0.05) is 25.4 Å². The Morgan fingerprint density at radius 1 is 1.52 bits per heavy atom. The summed E-state index contributed by atoms with van der Waals surface area (Å²) in [6.45, 7) is 16.1. The molecular formula is C17H22N4O2. The van der Waals surface area contributed by atoms with Gasteiger partial charge in [-0.05, 0) is 25.8 Å². The predicted molar refractivity (Wildman–Crippen MR) is 90.6 cm³/mol. The molecule has 0 N–H and O–H groups in total. The van der Waals surface area contributed by atoms with Gasteiger partial charge in [0.1, 0.15) is 12.3 Å². The number of hydrazone groups is 1. The Morgan fingerprint density at radius 2 is 2.26 bits per heavy atom. The highest BCUT2D eigenvalue weighted by atomic mass is 16.4. The molecule has 2 rings (SSSR count). The van der Waals surface area contributed by atoms with Crippen LogP contribution >= 0.6 is 0 Å². The highest BCUT2D eigenvalue weighted by Gasteiger charge is 2.22. The third kappa shape index (κ3) is 3.97. The van der Waals surface area contributed by atoms with Gasteiger partial charge < -0.3 is 9.32 Å². The van der Waals surface area contributed by atoms with Gasteiger partial charge in [-0.25, -0.2) is 4.98 Å². The number of aromatic nitrogens is 1. The number of hydrogen-bond donors (Lipinski definition) is 0. The van der Waals surface area contributed by atoms with Crippen LogP contribution in [-0.2, 0) is 4.79 Å². The van der Waals surface area contributed by atoms with Crippen molar-refractivity contribution in [1.82, 2.24) is 14.9 Å². The Bertz CT molecular complexity index is 672. The van der Waals surface area contributed by atoms with Crippen LogP contribution in [0.5, 0.6) is 0 Å². The average molecular weight is 314 g/mol. The molecule has 2 heterocycles. The first-order valence-electron chi connectivity index (χ1n) is 7.41. The van der Waals surface area contributed by atoms with E-state index in [1.165, 1.54) is 5.01 Å². The number of allylic oxidation sites excluding steroid dienone is 1. The number of nitrogens with zero attached hydrogens (tertiary/aromatic N) is 4. The van der Waals surface area contributed by atoms with Crippen LogP contribution in [-0.4, -0.2) is 47.2 Å². The molecule has 0 spiro atoms. The molecule has 0 atom stereocenters. The van der Waals surface area contributed by atoms with E-state index in [4.69, 9.17) is 4.42 Å². The summed E-state index contributed by atoms with van der Waals surface area (Å²) in [5.74, 6) is 1.39. The molecule has 6 heteroatoms. The van der Waals surface area contributed by atoms with Crippen LogP contribution in [0.15, 0.2) is 46.2 Å². The molecule has 1 aliphatic heterocycles. The van der Waals surface area contributed by atoms with Crippen molar-refractivity contribution in [2.24, 2.45) is 5.10 Å². The molecule has 0 fully saturated rings. The Kier molecular flexibility index (Phi) is 5.16. The van der Waals surface area contributed by atoms with Gasteiger partial charge in [-0.3, -0.25) is 9.80 Å². The van der Waals surface area contributed by atoms with Crippen molar-refractivity contribution >= 4 is 18.2 Å². The van der Waals surface area contributed by atoms with Crippen LogP contribution < -0.4 is 0 Å². The number of amides is 1. The average Bonchev–Trinajstić information content (AvgIpc) is 2.98. The molecule has 1 aliphatic rings. The van der Waals surface area contributed by atoms with Gasteiger partial charge in [0.25, 0.3) is 0 Å². The standard InChI is InChI=1S/C17H22N4O2/c1-12(2)14(4)21(18-5)11-16(22)20-8-6-15(7-9-20)17-19-10-13(3)23-17/h6,10H,1,4-5,7-9,11H2,2-3H3. The summed E-state index contributed by atoms with van der Waals surface area (Å²) in [7, 11) is 0. The highest BCUT2D eigenvalue weighted by molar-refractivity contribution is 5.80. The minimum Gasteiger partial charge on any atom is -0.442 e. The van der Waals surface area contributed by atoms with Crippen LogP contribution in [0.3, 0.4) is 0 Å². The SMILES string of the molecule is C=NN(CC(=O)N1CC=C(c2ncc(C)o2)CC1)C(=C)C(=C)C. The summed E-state index contributed by atoms with van der Waals surface area (Å²) in [4.78, 5) is 18.4. The normalized spacial score (nSPS) is 14.2. The number of carbonyl (C=O) groups is 1. The summed E-state index contributed by atoms with van der Waals surface area (Å²) < 4.78 is 5.52. The summed E-state index contributed by atoms with van der Waals surface area (Å²) in [5, 5.41) is 5.32. The summed E-state index contributed by atoms with van der Waals surface area (Å²) in [5.41, 5.74) is 2.38. The van der Waals surface area contributed by atoms with E-state index in [1.54, 1.807) is 11.1 Å². The smallest absolute Gasteiger partial charge is 0.244 e. The monoisotopic (exact) mass is 314 g/mol. The number of carbonyl (C=O) groups excluding carboxylic acids is 1. The molecule has 23 heavy (non-hydrogen) atoms. The number of rotatable bonds is 6. The van der Waals surface area contributed by atoms with Gasteiger partial charge in [-0.2, -0.15) is 5.10 Å². The lowest BCUT2D eigenvalue weighted by Crippen LogP contribution is -2.40. The zero-order valence-electron chi connectivity index (χ0n) is 13.7. The molecule has 0 saturated heterocycles. The van der Waals surface area contributed by atoms with E-state index >= 15 is 0 Å². The zero-order chi connectivity index (χ0) is 17.0. The molecule has 0 radical (unpaired) electrons. The molecule has 1 amide bonds. The van der Waals surface area contributed by atoms with E-state index in [9.17, 15) is 4.79 Å². The van der Waals surface area contributed by atoms with Gasteiger partial charge in [0.05, 0.1) is 11.9 Å². The van der Waals surface area contributed by atoms with E-state index in [-0.39, 0.29) is 12.5 Å². The van der Waals surface area contributed by atoms with E-state index in [0.717, 1.165) is 16.9 Å². The van der Waals surface area contributed by atoms with Crippen molar-refractivity contribution in [3.63, 3.8) is 0 Å². The molecule has 6 nitrogen and oxygen atoms in total. The lowest BCUT2D eigenvalue weighted by molar-refractivity contribution is -0.131. The minimum atomic E-state index is -0.0290. The van der Waals surface area contributed by atoms with Gasteiger partial charge in [0.2, 0.25) is 11.8 Å². The fourth-order valence-corrected chi connectivity index (χ4v) is 2.27. The van der Waals surface area contributed by atoms with Gasteiger partial charge in [-0.1, -0.05) is 19.2 Å². The fourth-order valence-electron chi connectivity index (χ4n) is 2.27. The molecular weight excluding hydrogens is 292 g/mol. The highest BCUT2D eigenvalue weighted by Crippen LogP contribution is 2.22. The van der Waals surface area contributed by atoms with Crippen molar-refractivity contribution in [3.05, 3.63) is 48.4 Å². The van der Waals surface area contributed by atoms with Crippen molar-refractivity contribution < 1.29 is 9.21 Å². The van der Waals surface area contributed by atoms with Crippen molar-refractivity contribution in [3.8, 4) is 0 Å². The number of aryl methyl sites for hydroxylation is 1. The van der Waals surface area contributed by atoms with E-state index < -0.39 is 0 Å². The van der Waals surface area contributed by atoms with E-state index in [1.807, 2.05) is 19.9 Å². The summed E-state index contributed by atoms with van der Waals surface area (Å²) in [6, 6.07) is 0. The molecule has 0 bridgehead atoms. The molecule has 0 unspecified atom stereocenters. The largest absolute Gasteiger partial charge is 0.442 e. The van der Waals surface area contributed by atoms with Crippen LogP contribution in [0.2, 0.25) is 0 Å². The fraction of sp³-hybridized carbons (Fsp3) is 0.353. The first kappa shape index (κ1) is 16.7. The Labute approximate surface area is 136 Å². The maximum absolute atomic E-state index is 12.4. The second kappa shape index (κ2) is 7.09. The van der Waals surface area contributed by atoms with Crippen LogP contribution in [0.1, 0.15) is 25.0 Å². The molecule has 1 aromatic rings. The Balaban J connectivity index is 1.97. The minimum absolute atomic E-state index is 0.0290. The summed E-state index contributed by atoms with van der Waals surface area (Å²) in [6.07, 6.45) is 4.39.